The predicted molar refractivity (Wildman–Crippen MR) is 128 cm³/mol. The van der Waals surface area contributed by atoms with Crippen molar-refractivity contribution in [1.82, 2.24) is 9.62 Å². The molecule has 5 rings (SSSR count). The number of sulfonamides is 1. The van der Waals surface area contributed by atoms with Gasteiger partial charge in [0.1, 0.15) is 6.54 Å². The van der Waals surface area contributed by atoms with Gasteiger partial charge in [-0.15, -0.1) is 11.8 Å². The lowest BCUT2D eigenvalue weighted by Gasteiger charge is -2.31. The summed E-state index contributed by atoms with van der Waals surface area (Å²) >= 11 is 1.37. The van der Waals surface area contributed by atoms with Gasteiger partial charge in [-0.05, 0) is 61.4 Å². The van der Waals surface area contributed by atoms with E-state index < -0.39 is 10.0 Å². The van der Waals surface area contributed by atoms with Gasteiger partial charge in [0.2, 0.25) is 21.8 Å². The van der Waals surface area contributed by atoms with Crippen LogP contribution in [-0.2, 0) is 26.0 Å². The minimum absolute atomic E-state index is 0.0712. The normalized spacial score (nSPS) is 20.9. The lowest BCUT2D eigenvalue weighted by atomic mass is 9.88. The molecule has 1 atom stereocenters. The van der Waals surface area contributed by atoms with Gasteiger partial charge in [0, 0.05) is 18.0 Å². The van der Waals surface area contributed by atoms with Gasteiger partial charge in [-0.25, -0.2) is 8.42 Å². The molecule has 174 valence electrons. The number of hydrogen-bond acceptors (Lipinski definition) is 5. The summed E-state index contributed by atoms with van der Waals surface area (Å²) in [5, 5.41) is 3.10. The van der Waals surface area contributed by atoms with Crippen LogP contribution in [0.3, 0.4) is 0 Å². The minimum Gasteiger partial charge on any atom is -0.348 e. The van der Waals surface area contributed by atoms with Crippen LogP contribution in [0.15, 0.2) is 52.3 Å². The Balaban J connectivity index is 1.37. The highest BCUT2D eigenvalue weighted by atomic mass is 32.2. The van der Waals surface area contributed by atoms with E-state index in [1.165, 1.54) is 26.5 Å². The highest BCUT2D eigenvalue weighted by Crippen LogP contribution is 2.38. The van der Waals surface area contributed by atoms with Crippen LogP contribution in [0.5, 0.6) is 0 Å². The Morgan fingerprint density at radius 3 is 2.70 bits per heavy atom. The molecule has 9 heteroatoms. The molecule has 1 fully saturated rings. The first-order valence-electron chi connectivity index (χ1n) is 11.4. The van der Waals surface area contributed by atoms with E-state index in [1.807, 2.05) is 18.2 Å². The lowest BCUT2D eigenvalue weighted by molar-refractivity contribution is -0.123. The fraction of sp³-hybridized carbons (Fsp3) is 0.417. The first-order valence-corrected chi connectivity index (χ1v) is 13.8. The molecule has 2 heterocycles. The molecule has 2 aromatic rings. The van der Waals surface area contributed by atoms with E-state index in [-0.39, 0.29) is 35.0 Å². The summed E-state index contributed by atoms with van der Waals surface area (Å²) in [5.74, 6) is -0.205. The maximum Gasteiger partial charge on any atom is 0.243 e. The number of carbonyl (C=O) groups is 2. The van der Waals surface area contributed by atoms with E-state index in [9.17, 15) is 18.0 Å². The molecule has 0 aromatic heterocycles. The van der Waals surface area contributed by atoms with Crippen LogP contribution in [0.1, 0.15) is 42.9 Å². The van der Waals surface area contributed by atoms with Crippen molar-refractivity contribution in [3.05, 3.63) is 53.6 Å². The summed E-state index contributed by atoms with van der Waals surface area (Å²) in [6.07, 6.45) is 4.58. The molecule has 0 bridgehead atoms. The molecule has 0 radical (unpaired) electrons. The van der Waals surface area contributed by atoms with Crippen LogP contribution < -0.4 is 10.2 Å². The summed E-state index contributed by atoms with van der Waals surface area (Å²) in [4.78, 5) is 28.2. The SMILES string of the molecule is O=C(CN1C(=O)CSc2ccc(S(=O)(=O)N3CCCC3)cc21)NC1CCCc2ccccc21. The molecule has 7 nitrogen and oxygen atoms in total. The molecule has 0 spiro atoms. The van der Waals surface area contributed by atoms with Crippen LogP contribution in [0, 0.1) is 0 Å². The number of benzene rings is 2. The average molecular weight is 486 g/mol. The van der Waals surface area contributed by atoms with Crippen molar-refractivity contribution in [2.24, 2.45) is 0 Å². The zero-order valence-electron chi connectivity index (χ0n) is 18.3. The number of anilines is 1. The van der Waals surface area contributed by atoms with Crippen molar-refractivity contribution in [2.45, 2.75) is 47.9 Å². The highest BCUT2D eigenvalue weighted by molar-refractivity contribution is 8.00. The summed E-state index contributed by atoms with van der Waals surface area (Å²) in [5.41, 5.74) is 2.88. The molecule has 1 unspecified atom stereocenters. The zero-order valence-corrected chi connectivity index (χ0v) is 20.0. The molecule has 1 aliphatic carbocycles. The molecule has 0 saturated carbocycles. The summed E-state index contributed by atoms with van der Waals surface area (Å²) in [7, 11) is -3.61. The Hall–Kier alpha value is -2.36. The number of nitrogens with one attached hydrogen (secondary N) is 1. The monoisotopic (exact) mass is 485 g/mol. The zero-order chi connectivity index (χ0) is 23.0. The molecule has 33 heavy (non-hydrogen) atoms. The van der Waals surface area contributed by atoms with Crippen molar-refractivity contribution in [1.29, 1.82) is 0 Å². The van der Waals surface area contributed by atoms with Crippen molar-refractivity contribution in [3.63, 3.8) is 0 Å². The van der Waals surface area contributed by atoms with Gasteiger partial charge in [-0.1, -0.05) is 24.3 Å². The van der Waals surface area contributed by atoms with Crippen LogP contribution in [0.4, 0.5) is 5.69 Å². The molecular weight excluding hydrogens is 458 g/mol. The third-order valence-corrected chi connectivity index (χ3v) is 9.52. The van der Waals surface area contributed by atoms with E-state index in [1.54, 1.807) is 18.2 Å². The van der Waals surface area contributed by atoms with E-state index in [0.717, 1.165) is 42.6 Å². The number of thioether (sulfide) groups is 1. The predicted octanol–water partition coefficient (Wildman–Crippen LogP) is 3.10. The number of rotatable bonds is 5. The van der Waals surface area contributed by atoms with E-state index in [4.69, 9.17) is 0 Å². The second-order valence-electron chi connectivity index (χ2n) is 8.72. The van der Waals surface area contributed by atoms with Gasteiger partial charge >= 0.3 is 0 Å². The molecule has 3 aliphatic rings. The minimum atomic E-state index is -3.61. The molecule has 1 saturated heterocycles. The van der Waals surface area contributed by atoms with Crippen LogP contribution in [-0.4, -0.2) is 49.9 Å². The second-order valence-corrected chi connectivity index (χ2v) is 11.7. The first-order chi connectivity index (χ1) is 15.9. The molecule has 2 amide bonds. The van der Waals surface area contributed by atoms with Crippen molar-refractivity contribution in [2.75, 3.05) is 30.3 Å². The fourth-order valence-electron chi connectivity index (χ4n) is 4.88. The second kappa shape index (κ2) is 9.12. The van der Waals surface area contributed by atoms with Gasteiger partial charge in [0.25, 0.3) is 0 Å². The van der Waals surface area contributed by atoms with Crippen molar-refractivity contribution < 1.29 is 18.0 Å². The number of fused-ring (bicyclic) bond motifs is 2. The van der Waals surface area contributed by atoms with Gasteiger partial charge in [0.15, 0.2) is 0 Å². The molecular formula is C24H27N3O4S2. The maximum atomic E-state index is 13.0. The van der Waals surface area contributed by atoms with Gasteiger partial charge in [-0.2, -0.15) is 4.31 Å². The molecule has 1 N–H and O–H groups in total. The highest BCUT2D eigenvalue weighted by Gasteiger charge is 2.32. The third-order valence-electron chi connectivity index (χ3n) is 6.58. The van der Waals surface area contributed by atoms with Crippen LogP contribution in [0.2, 0.25) is 0 Å². The molecule has 2 aliphatic heterocycles. The first kappa shape index (κ1) is 22.4. The standard InChI is InChI=1S/C24H27N3O4S2/c28-23(25-20-9-5-7-17-6-1-2-8-19(17)20)15-27-21-14-18(10-11-22(21)32-16-24(27)29)33(30,31)26-12-3-4-13-26/h1-2,6,8,10-11,14,20H,3-5,7,9,12-13,15-16H2,(H,25,28). The number of amides is 2. The van der Waals surface area contributed by atoms with Crippen molar-refractivity contribution >= 4 is 39.3 Å². The Bertz CT molecular complexity index is 1190. The van der Waals surface area contributed by atoms with E-state index in [2.05, 4.69) is 11.4 Å². The number of nitrogens with zero attached hydrogens (tertiary/aromatic N) is 2. The number of hydrogen-bond donors (Lipinski definition) is 1. The maximum absolute atomic E-state index is 13.0. The third kappa shape index (κ3) is 4.41. The van der Waals surface area contributed by atoms with Gasteiger partial charge < -0.3 is 10.2 Å². The Morgan fingerprint density at radius 2 is 1.88 bits per heavy atom. The molecule has 2 aromatic carbocycles. The summed E-state index contributed by atoms with van der Waals surface area (Å²) in [6, 6.07) is 13.0. The largest absolute Gasteiger partial charge is 0.348 e. The smallest absolute Gasteiger partial charge is 0.243 e. The van der Waals surface area contributed by atoms with E-state index in [0.29, 0.717) is 18.8 Å². The lowest BCUT2D eigenvalue weighted by Crippen LogP contribution is -2.44. The van der Waals surface area contributed by atoms with E-state index >= 15 is 0 Å². The number of carbonyl (C=O) groups excluding carboxylic acids is 2. The summed E-state index contributed by atoms with van der Waals surface area (Å²) in [6.45, 7) is 0.905. The average Bonchev–Trinajstić information content (AvgIpc) is 3.37. The summed E-state index contributed by atoms with van der Waals surface area (Å²) < 4.78 is 27.6. The van der Waals surface area contributed by atoms with Crippen molar-refractivity contribution in [3.8, 4) is 0 Å². The quantitative estimate of drug-likeness (QED) is 0.703. The van der Waals surface area contributed by atoms with Gasteiger partial charge in [-0.3, -0.25) is 9.59 Å². The topological polar surface area (TPSA) is 86.8 Å². The number of aryl methyl sites for hydroxylation is 1. The van der Waals surface area contributed by atoms with Gasteiger partial charge in [0.05, 0.1) is 22.4 Å². The Labute approximate surface area is 198 Å². The Morgan fingerprint density at radius 1 is 1.09 bits per heavy atom. The fourth-order valence-corrected chi connectivity index (χ4v) is 7.33. The van der Waals surface area contributed by atoms with Crippen LogP contribution >= 0.6 is 11.8 Å². The van der Waals surface area contributed by atoms with Crippen LogP contribution in [0.25, 0.3) is 0 Å². The Kier molecular flexibility index (Phi) is 6.20.